The topological polar surface area (TPSA) is 62.7 Å². The van der Waals surface area contributed by atoms with Crippen molar-refractivity contribution in [2.24, 2.45) is 5.92 Å². The van der Waals surface area contributed by atoms with Crippen LogP contribution in [0.25, 0.3) is 0 Å². The summed E-state index contributed by atoms with van der Waals surface area (Å²) < 4.78 is 18.8. The molecule has 1 aliphatic heterocycles. The van der Waals surface area contributed by atoms with Gasteiger partial charge in [-0.25, -0.2) is 9.37 Å². The molecule has 6 heteroatoms. The number of rotatable bonds is 3. The van der Waals surface area contributed by atoms with Crippen molar-refractivity contribution in [1.82, 2.24) is 4.98 Å². The fourth-order valence-electron chi connectivity index (χ4n) is 3.35. The van der Waals surface area contributed by atoms with E-state index >= 15 is 0 Å². The highest BCUT2D eigenvalue weighted by Crippen LogP contribution is 2.35. The van der Waals surface area contributed by atoms with E-state index in [1.165, 1.54) is 24.0 Å². The number of aliphatic hydroxyl groups excluding tert-OH is 1. The Morgan fingerprint density at radius 1 is 1.40 bits per heavy atom. The molecule has 5 nitrogen and oxygen atoms in total. The minimum atomic E-state index is -0.983. The van der Waals surface area contributed by atoms with E-state index < -0.39 is 6.23 Å². The molecule has 0 spiro atoms. The number of ether oxygens (including phenoxy) is 1. The molecule has 0 fully saturated rings. The summed E-state index contributed by atoms with van der Waals surface area (Å²) in [6.45, 7) is 3.33. The van der Waals surface area contributed by atoms with Crippen LogP contribution in [0.5, 0.6) is 5.88 Å². The number of fused-ring (bicyclic) bond motifs is 1. The van der Waals surface area contributed by atoms with Crippen LogP contribution < -0.4 is 9.64 Å². The highest BCUT2D eigenvalue weighted by atomic mass is 19.1. The maximum absolute atomic E-state index is 13.6. The molecule has 25 heavy (non-hydrogen) atoms. The fraction of sp³-hybridized carbons (Fsp3) is 0.368. The second-order valence-corrected chi connectivity index (χ2v) is 6.36. The summed E-state index contributed by atoms with van der Waals surface area (Å²) in [5.74, 6) is -0.411. The van der Waals surface area contributed by atoms with Gasteiger partial charge >= 0.3 is 0 Å². The summed E-state index contributed by atoms with van der Waals surface area (Å²) in [5.41, 5.74) is 3.05. The van der Waals surface area contributed by atoms with Gasteiger partial charge in [-0.15, -0.1) is 0 Å². The Hall–Kier alpha value is -2.47. The van der Waals surface area contributed by atoms with Gasteiger partial charge in [0.05, 0.1) is 7.11 Å². The van der Waals surface area contributed by atoms with E-state index in [0.717, 1.165) is 11.3 Å². The number of carbonyl (C=O) groups excluding carboxylic acids is 1. The van der Waals surface area contributed by atoms with Crippen molar-refractivity contribution in [1.29, 1.82) is 0 Å². The molecule has 1 aliphatic rings. The molecule has 0 saturated heterocycles. The summed E-state index contributed by atoms with van der Waals surface area (Å²) in [4.78, 5) is 17.8. The largest absolute Gasteiger partial charge is 0.481 e. The lowest BCUT2D eigenvalue weighted by Gasteiger charge is -2.39. The smallest absolute Gasteiger partial charge is 0.225 e. The van der Waals surface area contributed by atoms with Gasteiger partial charge in [-0.05, 0) is 49.1 Å². The van der Waals surface area contributed by atoms with Gasteiger partial charge in [0.1, 0.15) is 12.0 Å². The first-order valence-corrected chi connectivity index (χ1v) is 8.17. The van der Waals surface area contributed by atoms with Crippen molar-refractivity contribution >= 4 is 11.6 Å². The van der Waals surface area contributed by atoms with Gasteiger partial charge in [0.25, 0.3) is 0 Å². The summed E-state index contributed by atoms with van der Waals surface area (Å²) in [6.07, 6.45) is -0.0526. The van der Waals surface area contributed by atoms with Crippen molar-refractivity contribution in [3.05, 3.63) is 53.0 Å². The third kappa shape index (κ3) is 3.35. The zero-order valence-electron chi connectivity index (χ0n) is 14.5. The maximum atomic E-state index is 13.6. The van der Waals surface area contributed by atoms with Crippen LogP contribution in [0, 0.1) is 18.7 Å². The number of carbonyl (C=O) groups is 1. The van der Waals surface area contributed by atoms with E-state index in [9.17, 15) is 14.3 Å². The number of pyridine rings is 1. The number of methoxy groups -OCH3 is 1. The van der Waals surface area contributed by atoms with E-state index in [2.05, 4.69) is 4.98 Å². The Labute approximate surface area is 146 Å². The number of aromatic nitrogens is 1. The predicted molar refractivity (Wildman–Crippen MR) is 92.0 cm³/mol. The lowest BCUT2D eigenvalue weighted by molar-refractivity contribution is -0.119. The van der Waals surface area contributed by atoms with Crippen LogP contribution in [0.3, 0.4) is 0 Å². The predicted octanol–water partition coefficient (Wildman–Crippen LogP) is 2.62. The van der Waals surface area contributed by atoms with E-state index in [-0.39, 0.29) is 17.6 Å². The first kappa shape index (κ1) is 17.4. The highest BCUT2D eigenvalue weighted by Gasteiger charge is 2.36. The van der Waals surface area contributed by atoms with Crippen molar-refractivity contribution < 1.29 is 19.0 Å². The Morgan fingerprint density at radius 2 is 2.16 bits per heavy atom. The average molecular weight is 344 g/mol. The molecule has 132 valence electrons. The van der Waals surface area contributed by atoms with Crippen LogP contribution in [0.2, 0.25) is 0 Å². The third-order valence-corrected chi connectivity index (χ3v) is 4.65. The first-order valence-electron chi connectivity index (χ1n) is 8.17. The van der Waals surface area contributed by atoms with Gasteiger partial charge in [0, 0.05) is 30.3 Å². The molecule has 1 N–H and O–H groups in total. The van der Waals surface area contributed by atoms with E-state index in [4.69, 9.17) is 4.74 Å². The average Bonchev–Trinajstić information content (AvgIpc) is 2.57. The zero-order valence-corrected chi connectivity index (χ0v) is 14.5. The number of hydrogen-bond acceptors (Lipinski definition) is 4. The van der Waals surface area contributed by atoms with Crippen molar-refractivity contribution in [2.75, 3.05) is 12.0 Å². The molecule has 0 bridgehead atoms. The molecular formula is C19H21FN2O3. The van der Waals surface area contributed by atoms with Gasteiger partial charge < -0.3 is 9.84 Å². The zero-order chi connectivity index (χ0) is 18.1. The van der Waals surface area contributed by atoms with Gasteiger partial charge in [-0.2, -0.15) is 0 Å². The lowest BCUT2D eigenvalue weighted by atomic mass is 9.86. The lowest BCUT2D eigenvalue weighted by Crippen LogP contribution is -2.48. The van der Waals surface area contributed by atoms with Crippen LogP contribution in [0.15, 0.2) is 30.3 Å². The van der Waals surface area contributed by atoms with Gasteiger partial charge in [-0.1, -0.05) is 6.07 Å². The SMILES string of the molecule is COc1ccc(C)c(C[C@@H]2Cc3cc(F)ccc3N(C(C)=O)[C@H]2O)n1. The second-order valence-electron chi connectivity index (χ2n) is 6.36. The molecule has 0 unspecified atom stereocenters. The van der Waals surface area contributed by atoms with Gasteiger partial charge in [0.2, 0.25) is 11.8 Å². The number of benzene rings is 1. The Kier molecular flexibility index (Phi) is 4.72. The molecule has 1 aromatic heterocycles. The Morgan fingerprint density at radius 3 is 2.84 bits per heavy atom. The van der Waals surface area contributed by atoms with Crippen LogP contribution in [-0.2, 0) is 17.6 Å². The molecule has 2 aromatic rings. The summed E-state index contributed by atoms with van der Waals surface area (Å²) in [7, 11) is 1.55. The van der Waals surface area contributed by atoms with Crippen molar-refractivity contribution in [3.63, 3.8) is 0 Å². The normalized spacial score (nSPS) is 19.5. The number of nitrogens with zero attached hydrogens (tertiary/aromatic N) is 2. The third-order valence-electron chi connectivity index (χ3n) is 4.65. The molecule has 2 heterocycles. The fourth-order valence-corrected chi connectivity index (χ4v) is 3.35. The second kappa shape index (κ2) is 6.80. The minimum Gasteiger partial charge on any atom is -0.481 e. The minimum absolute atomic E-state index is 0.277. The Bertz CT molecular complexity index is 809. The van der Waals surface area contributed by atoms with E-state index in [1.54, 1.807) is 19.2 Å². The summed E-state index contributed by atoms with van der Waals surface area (Å²) in [5, 5.41) is 10.7. The number of anilines is 1. The Balaban J connectivity index is 1.96. The number of hydrogen-bond donors (Lipinski definition) is 1. The van der Waals surface area contributed by atoms with E-state index in [1.807, 2.05) is 13.0 Å². The van der Waals surface area contributed by atoms with Crippen molar-refractivity contribution in [2.45, 2.75) is 32.9 Å². The summed E-state index contributed by atoms with van der Waals surface area (Å²) >= 11 is 0. The molecule has 3 rings (SSSR count). The number of aryl methyl sites for hydroxylation is 1. The molecule has 0 radical (unpaired) electrons. The summed E-state index contributed by atoms with van der Waals surface area (Å²) in [6, 6.07) is 7.96. The molecule has 0 saturated carbocycles. The number of amides is 1. The monoisotopic (exact) mass is 344 g/mol. The molecule has 0 aliphatic carbocycles. The highest BCUT2D eigenvalue weighted by molar-refractivity contribution is 5.93. The van der Waals surface area contributed by atoms with Gasteiger partial charge in [-0.3, -0.25) is 9.69 Å². The van der Waals surface area contributed by atoms with Crippen LogP contribution >= 0.6 is 0 Å². The van der Waals surface area contributed by atoms with E-state index in [0.29, 0.717) is 30.0 Å². The number of aliphatic hydroxyl groups is 1. The number of halogens is 1. The molecular weight excluding hydrogens is 323 g/mol. The molecule has 1 aromatic carbocycles. The van der Waals surface area contributed by atoms with Crippen molar-refractivity contribution in [3.8, 4) is 5.88 Å². The quantitative estimate of drug-likeness (QED) is 0.930. The van der Waals surface area contributed by atoms with Gasteiger partial charge in [0.15, 0.2) is 0 Å². The molecule has 1 amide bonds. The standard InChI is InChI=1S/C19H21FN2O3/c1-11-4-7-18(25-3)21-16(11)10-14-8-13-9-15(20)5-6-17(13)22(12(2)23)19(14)24/h4-7,9,14,19,24H,8,10H2,1-3H3/t14-,19-/m0/s1. The van der Waals surface area contributed by atoms with Crippen LogP contribution in [-0.4, -0.2) is 29.3 Å². The van der Waals surface area contributed by atoms with Crippen LogP contribution in [0.4, 0.5) is 10.1 Å². The maximum Gasteiger partial charge on any atom is 0.225 e. The van der Waals surface area contributed by atoms with Crippen LogP contribution in [0.1, 0.15) is 23.7 Å². The first-order chi connectivity index (χ1) is 11.9. The molecule has 2 atom stereocenters.